The molecule has 0 rings (SSSR count). The van der Waals surface area contributed by atoms with Crippen molar-refractivity contribution in [3.8, 4) is 0 Å². The molecule has 0 heterocycles. The summed E-state index contributed by atoms with van der Waals surface area (Å²) in [6.45, 7) is 6.68. The fourth-order valence-electron chi connectivity index (χ4n) is 1.72. The van der Waals surface area contributed by atoms with Crippen molar-refractivity contribution in [2.24, 2.45) is 5.92 Å². The quantitative estimate of drug-likeness (QED) is 0.254. The summed E-state index contributed by atoms with van der Waals surface area (Å²) in [4.78, 5) is 11.9. The minimum Gasteiger partial charge on any atom is -0.465 e. The Morgan fingerprint density at radius 2 is 1.95 bits per heavy atom. The molecule has 19 heavy (non-hydrogen) atoms. The summed E-state index contributed by atoms with van der Waals surface area (Å²) in [6, 6.07) is 0. The summed E-state index contributed by atoms with van der Waals surface area (Å²) in [7, 11) is 0. The Morgan fingerprint density at radius 1 is 1.21 bits per heavy atom. The summed E-state index contributed by atoms with van der Waals surface area (Å²) in [5.74, 6) is 0.116. The molecule has 0 aromatic rings. The third-order valence-corrected chi connectivity index (χ3v) is 3.80. The van der Waals surface area contributed by atoms with Crippen LogP contribution in [0, 0.1) is 5.92 Å². The van der Waals surface area contributed by atoms with Crippen LogP contribution in [-0.4, -0.2) is 23.1 Å². The van der Waals surface area contributed by atoms with E-state index in [9.17, 15) is 4.79 Å². The molecular weight excluding hydrogens is 268 g/mol. The molecule has 0 radical (unpaired) electrons. The third kappa shape index (κ3) is 9.27. The fourth-order valence-corrected chi connectivity index (χ4v) is 2.33. The van der Waals surface area contributed by atoms with Gasteiger partial charge in [-0.25, -0.2) is 5.26 Å². The van der Waals surface area contributed by atoms with Crippen molar-refractivity contribution >= 4 is 18.0 Å². The largest absolute Gasteiger partial charge is 0.465 e. The SMILES string of the molecule is CCCCC(CC)COC(=O)C(CCC)SOOO. The molecule has 2 unspecified atom stereocenters. The Balaban J connectivity index is 4.07. The Hall–Kier alpha value is -0.300. The van der Waals surface area contributed by atoms with E-state index in [2.05, 4.69) is 23.2 Å². The van der Waals surface area contributed by atoms with Crippen molar-refractivity contribution in [2.45, 2.75) is 64.5 Å². The molecule has 6 heteroatoms. The molecule has 0 spiro atoms. The topological polar surface area (TPSA) is 65.0 Å². The van der Waals surface area contributed by atoms with E-state index < -0.39 is 5.25 Å². The van der Waals surface area contributed by atoms with Crippen LogP contribution < -0.4 is 0 Å². The molecule has 0 amide bonds. The van der Waals surface area contributed by atoms with Gasteiger partial charge in [0, 0.05) is 12.0 Å². The van der Waals surface area contributed by atoms with Gasteiger partial charge in [0.15, 0.2) is 0 Å². The van der Waals surface area contributed by atoms with Crippen molar-refractivity contribution in [3.63, 3.8) is 0 Å². The molecule has 0 saturated heterocycles. The van der Waals surface area contributed by atoms with E-state index in [1.165, 1.54) is 0 Å². The van der Waals surface area contributed by atoms with E-state index >= 15 is 0 Å². The highest BCUT2D eigenvalue weighted by Crippen LogP contribution is 2.20. The van der Waals surface area contributed by atoms with Crippen LogP contribution in [0.4, 0.5) is 0 Å². The Labute approximate surface area is 120 Å². The Kier molecular flexibility index (Phi) is 12.5. The number of unbranched alkanes of at least 4 members (excludes halogenated alkanes) is 1. The van der Waals surface area contributed by atoms with Crippen LogP contribution in [0.15, 0.2) is 0 Å². The van der Waals surface area contributed by atoms with Gasteiger partial charge in [-0.05, 0) is 18.8 Å². The smallest absolute Gasteiger partial charge is 0.321 e. The monoisotopic (exact) mass is 294 g/mol. The highest BCUT2D eigenvalue weighted by molar-refractivity contribution is 7.95. The van der Waals surface area contributed by atoms with Crippen molar-refractivity contribution in [1.82, 2.24) is 0 Å². The second-order valence-electron chi connectivity index (χ2n) is 4.56. The van der Waals surface area contributed by atoms with Crippen LogP contribution in [0.5, 0.6) is 0 Å². The lowest BCUT2D eigenvalue weighted by Crippen LogP contribution is -2.23. The van der Waals surface area contributed by atoms with Gasteiger partial charge in [-0.1, -0.05) is 51.5 Å². The zero-order chi connectivity index (χ0) is 14.5. The molecule has 0 fully saturated rings. The number of hydrogen-bond acceptors (Lipinski definition) is 6. The highest BCUT2D eigenvalue weighted by Gasteiger charge is 2.22. The lowest BCUT2D eigenvalue weighted by Gasteiger charge is -2.17. The second kappa shape index (κ2) is 12.7. The van der Waals surface area contributed by atoms with Crippen molar-refractivity contribution in [3.05, 3.63) is 0 Å². The van der Waals surface area contributed by atoms with Crippen LogP contribution in [-0.2, 0) is 18.9 Å². The van der Waals surface area contributed by atoms with Crippen molar-refractivity contribution in [2.75, 3.05) is 6.61 Å². The van der Waals surface area contributed by atoms with Crippen molar-refractivity contribution in [1.29, 1.82) is 0 Å². The molecule has 0 bridgehead atoms. The van der Waals surface area contributed by atoms with Crippen LogP contribution in [0.2, 0.25) is 0 Å². The number of carbonyl (C=O) groups excluding carboxylic acids is 1. The number of hydrogen-bond donors (Lipinski definition) is 1. The van der Waals surface area contributed by atoms with Crippen LogP contribution in [0.25, 0.3) is 0 Å². The molecule has 0 aliphatic heterocycles. The van der Waals surface area contributed by atoms with E-state index in [4.69, 9.17) is 9.99 Å². The predicted molar refractivity (Wildman–Crippen MR) is 75.4 cm³/mol. The average molecular weight is 294 g/mol. The van der Waals surface area contributed by atoms with Crippen molar-refractivity contribution < 1.29 is 24.2 Å². The maximum absolute atomic E-state index is 11.9. The second-order valence-corrected chi connectivity index (χ2v) is 5.46. The number of ether oxygens (including phenoxy) is 1. The van der Waals surface area contributed by atoms with Gasteiger partial charge in [-0.2, -0.15) is 0 Å². The van der Waals surface area contributed by atoms with E-state index in [1.54, 1.807) is 0 Å². The van der Waals surface area contributed by atoms with Gasteiger partial charge < -0.3 is 4.74 Å². The van der Waals surface area contributed by atoms with Gasteiger partial charge >= 0.3 is 5.97 Å². The zero-order valence-electron chi connectivity index (χ0n) is 12.1. The summed E-state index contributed by atoms with van der Waals surface area (Å²) in [5, 5.41) is 11.2. The number of esters is 1. The number of carbonyl (C=O) groups is 1. The lowest BCUT2D eigenvalue weighted by atomic mass is 10.0. The van der Waals surface area contributed by atoms with Crippen LogP contribution >= 0.6 is 12.0 Å². The standard InChI is InChI=1S/C13H26O5S/c1-4-7-9-11(6-3)10-16-13(14)12(8-5-2)19-18-17-15/h11-12,15H,4-10H2,1-3H3. The predicted octanol–water partition coefficient (Wildman–Crippen LogP) is 3.98. The molecule has 1 N–H and O–H groups in total. The van der Waals surface area contributed by atoms with Gasteiger partial charge in [0.2, 0.25) is 0 Å². The van der Waals surface area contributed by atoms with Gasteiger partial charge in [-0.3, -0.25) is 4.79 Å². The first-order chi connectivity index (χ1) is 9.19. The summed E-state index contributed by atoms with van der Waals surface area (Å²) in [6.07, 6.45) is 5.86. The third-order valence-electron chi connectivity index (χ3n) is 3.00. The first-order valence-corrected chi connectivity index (χ1v) is 7.80. The first-order valence-electron chi connectivity index (χ1n) is 6.99. The molecule has 114 valence electrons. The van der Waals surface area contributed by atoms with Crippen LogP contribution in [0.1, 0.15) is 59.3 Å². The summed E-state index contributed by atoms with van der Waals surface area (Å²) >= 11 is 0.785. The van der Waals surface area contributed by atoms with Gasteiger partial charge in [0.1, 0.15) is 5.25 Å². The van der Waals surface area contributed by atoms with E-state index in [0.29, 0.717) is 18.9 Å². The maximum atomic E-state index is 11.9. The summed E-state index contributed by atoms with van der Waals surface area (Å²) in [5.41, 5.74) is 0. The van der Waals surface area contributed by atoms with Gasteiger partial charge in [-0.15, -0.1) is 4.33 Å². The zero-order valence-corrected chi connectivity index (χ0v) is 12.9. The maximum Gasteiger partial charge on any atom is 0.321 e. The highest BCUT2D eigenvalue weighted by atomic mass is 32.2. The summed E-state index contributed by atoms with van der Waals surface area (Å²) < 4.78 is 9.67. The molecule has 0 aliphatic rings. The van der Waals surface area contributed by atoms with Gasteiger partial charge in [0.05, 0.1) is 6.61 Å². The normalized spacial score (nSPS) is 14.1. The molecule has 2 atom stereocenters. The minimum atomic E-state index is -0.458. The molecule has 0 saturated carbocycles. The minimum absolute atomic E-state index is 0.307. The fraction of sp³-hybridized carbons (Fsp3) is 0.923. The Bertz CT molecular complexity index is 225. The molecule has 0 aromatic carbocycles. The van der Waals surface area contributed by atoms with E-state index in [-0.39, 0.29) is 5.97 Å². The lowest BCUT2D eigenvalue weighted by molar-refractivity contribution is -0.432. The molecule has 0 aliphatic carbocycles. The number of rotatable bonds is 12. The molecular formula is C13H26O5S. The first kappa shape index (κ1) is 18.7. The van der Waals surface area contributed by atoms with Gasteiger partial charge in [0.25, 0.3) is 0 Å². The Morgan fingerprint density at radius 3 is 2.47 bits per heavy atom. The average Bonchev–Trinajstić information content (AvgIpc) is 2.43. The molecule has 0 aromatic heterocycles. The van der Waals surface area contributed by atoms with E-state index in [1.807, 2.05) is 6.92 Å². The van der Waals surface area contributed by atoms with Crippen LogP contribution in [0.3, 0.4) is 0 Å². The molecule has 5 nitrogen and oxygen atoms in total. The van der Waals surface area contributed by atoms with E-state index in [0.717, 1.165) is 44.1 Å².